The van der Waals surface area contributed by atoms with Crippen LogP contribution in [0.25, 0.3) is 0 Å². The van der Waals surface area contributed by atoms with Gasteiger partial charge < -0.3 is 28.4 Å². The first-order valence-corrected chi connectivity index (χ1v) is 7.16. The van der Waals surface area contributed by atoms with Crippen LogP contribution in [-0.2, 0) is 42.8 Å². The van der Waals surface area contributed by atoms with Gasteiger partial charge >= 0.3 is 17.9 Å². The second kappa shape index (κ2) is 11.8. The zero-order valence-corrected chi connectivity index (χ0v) is 14.8. The van der Waals surface area contributed by atoms with Gasteiger partial charge in [-0.3, -0.25) is 14.4 Å². The molecule has 0 spiro atoms. The van der Waals surface area contributed by atoms with E-state index in [-0.39, 0.29) is 6.61 Å². The molecule has 9 nitrogen and oxygen atoms in total. The molecule has 0 bridgehead atoms. The van der Waals surface area contributed by atoms with E-state index in [0.717, 1.165) is 6.92 Å². The van der Waals surface area contributed by atoms with E-state index in [1.54, 1.807) is 0 Å². The predicted octanol–water partition coefficient (Wildman–Crippen LogP) is 0.0893. The molecule has 0 rings (SSSR count). The Morgan fingerprint density at radius 1 is 0.792 bits per heavy atom. The van der Waals surface area contributed by atoms with Gasteiger partial charge in [0.25, 0.3) is 0 Å². The van der Waals surface area contributed by atoms with Crippen molar-refractivity contribution in [3.05, 3.63) is 0 Å². The molecule has 0 aliphatic carbocycles. The van der Waals surface area contributed by atoms with Crippen LogP contribution in [0.15, 0.2) is 0 Å². The predicted molar refractivity (Wildman–Crippen MR) is 81.2 cm³/mol. The van der Waals surface area contributed by atoms with Crippen LogP contribution in [-0.4, -0.2) is 76.8 Å². The molecule has 0 N–H and O–H groups in total. The first-order chi connectivity index (χ1) is 11.7. The van der Waals surface area contributed by atoms with Gasteiger partial charge in [0.1, 0.15) is 31.5 Å². The van der Waals surface area contributed by atoms with Gasteiger partial charge in [0.15, 0.2) is 6.10 Å². The maximum absolute atomic E-state index is 11.4. The van der Waals surface area contributed by atoms with Gasteiger partial charge in [0, 0.05) is 42.1 Å². The number of ether oxygens (including phenoxy) is 6. The topological polar surface area (TPSA) is 107 Å². The molecule has 1 unspecified atom stereocenters. The Hall–Kier alpha value is -1.71. The molecule has 5 atom stereocenters. The smallest absolute Gasteiger partial charge is 0.303 e. The van der Waals surface area contributed by atoms with Crippen molar-refractivity contribution in [2.75, 3.05) is 34.5 Å². The van der Waals surface area contributed by atoms with Gasteiger partial charge in [0.2, 0.25) is 0 Å². The molecule has 0 aromatic heterocycles. The van der Waals surface area contributed by atoms with Gasteiger partial charge in [-0.15, -0.1) is 0 Å². The average Bonchev–Trinajstić information content (AvgIpc) is 2.50. The molecule has 0 aromatic rings. The average molecular weight is 351 g/mol. The van der Waals surface area contributed by atoms with Crippen LogP contribution in [0.4, 0.5) is 0 Å². The Morgan fingerprint density at radius 3 is 1.67 bits per heavy atom. The zero-order chi connectivity index (χ0) is 19.6. The normalized spacial score (nSPS) is 17.7. The highest BCUT2D eigenvalue weighted by atomic mass is 16.6. The van der Waals surface area contributed by atoms with Crippen LogP contribution in [0.3, 0.4) is 0 Å². The van der Waals surface area contributed by atoms with E-state index in [2.05, 4.69) is 0 Å². The van der Waals surface area contributed by atoms with E-state index in [0.29, 0.717) is 0 Å². The Kier molecular flexibility index (Phi) is 9.97. The summed E-state index contributed by atoms with van der Waals surface area (Å²) in [4.78, 5) is 33.5. The largest absolute Gasteiger partial charge is 0.463 e. The van der Waals surface area contributed by atoms with E-state index in [4.69, 9.17) is 29.8 Å². The standard InChI is InChI=1S/C15H26O9/c1-9(16)22-7-12(19-4)14(20-5)15(21-6)13(24-11(3)18)8-23-10(2)17/h12-15H,7-8H2,1-6H3/t12-,13+,14+,15+/m0/s1/i7D/t7?,12-,13+,14+,15+. The fraction of sp³-hybridized carbons (Fsp3) is 0.800. The maximum Gasteiger partial charge on any atom is 0.303 e. The van der Waals surface area contributed by atoms with Crippen molar-refractivity contribution in [1.82, 2.24) is 0 Å². The molecule has 0 amide bonds. The summed E-state index contributed by atoms with van der Waals surface area (Å²) in [5.74, 6) is -1.85. The fourth-order valence-corrected chi connectivity index (χ4v) is 1.99. The van der Waals surface area contributed by atoms with Crippen molar-refractivity contribution in [1.29, 1.82) is 0 Å². The molecule has 0 saturated carbocycles. The molecule has 140 valence electrons. The van der Waals surface area contributed by atoms with Crippen LogP contribution in [0, 0.1) is 0 Å². The van der Waals surface area contributed by atoms with Crippen LogP contribution in [0.2, 0.25) is 0 Å². The molecule has 9 heteroatoms. The van der Waals surface area contributed by atoms with E-state index in [9.17, 15) is 14.4 Å². The monoisotopic (exact) mass is 351 g/mol. The van der Waals surface area contributed by atoms with Gasteiger partial charge in [-0.05, 0) is 0 Å². The maximum atomic E-state index is 11.4. The number of hydrogen-bond acceptors (Lipinski definition) is 9. The third-order valence-corrected chi connectivity index (χ3v) is 2.97. The summed E-state index contributed by atoms with van der Waals surface area (Å²) in [5, 5.41) is 0. The Labute approximate surface area is 142 Å². The SMILES string of the molecule is [2H]C(OC(C)=O)[C@H](OC)[C@@H](OC)[C@H](OC)[C@@H](COC(C)=O)OC(C)=O. The lowest BCUT2D eigenvalue weighted by Crippen LogP contribution is -2.52. The van der Waals surface area contributed by atoms with Gasteiger partial charge in [-0.2, -0.15) is 0 Å². The van der Waals surface area contributed by atoms with Crippen molar-refractivity contribution in [3.63, 3.8) is 0 Å². The van der Waals surface area contributed by atoms with Crippen LogP contribution < -0.4 is 0 Å². The van der Waals surface area contributed by atoms with Crippen molar-refractivity contribution in [2.24, 2.45) is 0 Å². The van der Waals surface area contributed by atoms with Gasteiger partial charge in [0.05, 0.1) is 1.37 Å². The fourth-order valence-electron chi connectivity index (χ4n) is 1.99. The molecule has 0 radical (unpaired) electrons. The summed E-state index contributed by atoms with van der Waals surface area (Å²) in [6.07, 6.45) is -3.98. The molecular weight excluding hydrogens is 324 g/mol. The van der Waals surface area contributed by atoms with Gasteiger partial charge in [-0.25, -0.2) is 0 Å². The van der Waals surface area contributed by atoms with E-state index < -0.39 is 48.9 Å². The quantitative estimate of drug-likeness (QED) is 0.378. The number of carbonyl (C=O) groups excluding carboxylic acids is 3. The highest BCUT2D eigenvalue weighted by Gasteiger charge is 2.38. The molecule has 24 heavy (non-hydrogen) atoms. The molecule has 0 aliphatic heterocycles. The second-order valence-corrected chi connectivity index (χ2v) is 4.80. The van der Waals surface area contributed by atoms with Crippen LogP contribution >= 0.6 is 0 Å². The Bertz CT molecular complexity index is 443. The lowest BCUT2D eigenvalue weighted by molar-refractivity contribution is -0.188. The number of esters is 3. The summed E-state index contributed by atoms with van der Waals surface area (Å²) in [6, 6.07) is 0. The van der Waals surface area contributed by atoms with E-state index in [1.807, 2.05) is 0 Å². The number of methoxy groups -OCH3 is 3. The minimum absolute atomic E-state index is 0.278. The van der Waals surface area contributed by atoms with Crippen molar-refractivity contribution < 1.29 is 44.2 Å². The first-order valence-electron chi connectivity index (χ1n) is 7.74. The van der Waals surface area contributed by atoms with Gasteiger partial charge in [-0.1, -0.05) is 0 Å². The van der Waals surface area contributed by atoms with Crippen molar-refractivity contribution >= 4 is 17.9 Å². The number of carbonyl (C=O) groups is 3. The third-order valence-electron chi connectivity index (χ3n) is 2.97. The lowest BCUT2D eigenvalue weighted by atomic mass is 10.0. The molecule has 0 heterocycles. The Morgan fingerprint density at radius 2 is 1.29 bits per heavy atom. The molecule has 0 saturated heterocycles. The summed E-state index contributed by atoms with van der Waals surface area (Å²) < 4.78 is 38.7. The molecule has 0 aromatic carbocycles. The van der Waals surface area contributed by atoms with Crippen molar-refractivity contribution in [3.8, 4) is 0 Å². The molecule has 0 aliphatic rings. The minimum atomic E-state index is -1.41. The van der Waals surface area contributed by atoms with Crippen molar-refractivity contribution in [2.45, 2.75) is 45.2 Å². The number of rotatable bonds is 11. The summed E-state index contributed by atoms with van der Waals surface area (Å²) in [7, 11) is 3.97. The molecular formula is C15H26O9. The summed E-state index contributed by atoms with van der Waals surface area (Å²) in [5.41, 5.74) is 0. The molecule has 0 fully saturated rings. The number of hydrogen-bond donors (Lipinski definition) is 0. The van der Waals surface area contributed by atoms with E-state index in [1.165, 1.54) is 35.2 Å². The summed E-state index contributed by atoms with van der Waals surface area (Å²) >= 11 is 0. The minimum Gasteiger partial charge on any atom is -0.463 e. The Balaban J connectivity index is 5.47. The van der Waals surface area contributed by atoms with Crippen LogP contribution in [0.1, 0.15) is 22.1 Å². The van der Waals surface area contributed by atoms with E-state index >= 15 is 0 Å². The third kappa shape index (κ3) is 8.23. The second-order valence-electron chi connectivity index (χ2n) is 4.80. The van der Waals surface area contributed by atoms with Crippen LogP contribution in [0.5, 0.6) is 0 Å². The summed E-state index contributed by atoms with van der Waals surface area (Å²) in [6.45, 7) is 1.87. The highest BCUT2D eigenvalue weighted by molar-refractivity contribution is 5.67. The highest BCUT2D eigenvalue weighted by Crippen LogP contribution is 2.18. The lowest BCUT2D eigenvalue weighted by Gasteiger charge is -2.34. The first kappa shape index (κ1) is 20.3. The zero-order valence-electron chi connectivity index (χ0n) is 15.8.